The van der Waals surface area contributed by atoms with Gasteiger partial charge in [0, 0.05) is 6.92 Å². The average Bonchev–Trinajstić information content (AvgIpc) is 2.18. The van der Waals surface area contributed by atoms with Gasteiger partial charge in [-0.1, -0.05) is 0 Å². The third kappa shape index (κ3) is 1.54. The number of nitrogens with one attached hydrogen (secondary N) is 2. The van der Waals surface area contributed by atoms with Crippen molar-refractivity contribution in [2.24, 2.45) is 5.10 Å². The summed E-state index contributed by atoms with van der Waals surface area (Å²) in [5, 5.41) is 6.11. The first-order valence-corrected chi connectivity index (χ1v) is 3.22. The normalized spacial score (nSPS) is 22.5. The third-order valence-corrected chi connectivity index (χ3v) is 1.37. The Balaban J connectivity index is 2.63. The van der Waals surface area contributed by atoms with Crippen LogP contribution in [0.4, 0.5) is 0 Å². The summed E-state index contributed by atoms with van der Waals surface area (Å²) >= 11 is 0. The molecular formula is C6H9N3O2. The highest BCUT2D eigenvalue weighted by molar-refractivity contribution is 6.12. The Bertz CT molecular complexity index is 234. The molecule has 60 valence electrons. The van der Waals surface area contributed by atoms with E-state index in [4.69, 9.17) is 0 Å². The summed E-state index contributed by atoms with van der Waals surface area (Å²) in [5.41, 5.74) is 2.85. The number of nitrogens with zero attached hydrogens (tertiary/aromatic N) is 1. The molecule has 1 aliphatic heterocycles. The highest BCUT2D eigenvalue weighted by Crippen LogP contribution is 1.95. The molecule has 1 rings (SSSR count). The number of hydrogen-bond donors (Lipinski definition) is 2. The van der Waals surface area contributed by atoms with Gasteiger partial charge in [0.15, 0.2) is 0 Å². The topological polar surface area (TPSA) is 70.6 Å². The molecule has 11 heavy (non-hydrogen) atoms. The second-order valence-electron chi connectivity index (χ2n) is 2.36. The maximum absolute atomic E-state index is 10.9. The van der Waals surface area contributed by atoms with Crippen LogP contribution in [0.15, 0.2) is 5.10 Å². The molecule has 0 bridgehead atoms. The Labute approximate surface area is 63.8 Å². The van der Waals surface area contributed by atoms with Crippen molar-refractivity contribution in [1.82, 2.24) is 10.7 Å². The zero-order valence-electron chi connectivity index (χ0n) is 6.34. The summed E-state index contributed by atoms with van der Waals surface area (Å²) in [4.78, 5) is 21.4. The van der Waals surface area contributed by atoms with Crippen LogP contribution in [0.5, 0.6) is 0 Å². The van der Waals surface area contributed by atoms with Crippen molar-refractivity contribution in [3.8, 4) is 0 Å². The third-order valence-electron chi connectivity index (χ3n) is 1.37. The van der Waals surface area contributed by atoms with E-state index in [0.29, 0.717) is 5.71 Å². The standard InChI is InChI=1S/C6H9N3O2/c1-3-5(7-4(2)10)6(11)9-8-3/h5H,1-2H3,(H,7,10)(H,9,11). The van der Waals surface area contributed by atoms with Gasteiger partial charge in [0.2, 0.25) is 5.91 Å². The summed E-state index contributed by atoms with van der Waals surface area (Å²) in [6.07, 6.45) is 0. The van der Waals surface area contributed by atoms with Gasteiger partial charge in [-0.15, -0.1) is 0 Å². The van der Waals surface area contributed by atoms with Gasteiger partial charge in [0.1, 0.15) is 6.04 Å². The van der Waals surface area contributed by atoms with Crippen LogP contribution in [-0.4, -0.2) is 23.6 Å². The van der Waals surface area contributed by atoms with E-state index in [1.165, 1.54) is 6.92 Å². The molecule has 0 saturated carbocycles. The highest BCUT2D eigenvalue weighted by atomic mass is 16.2. The van der Waals surface area contributed by atoms with Crippen molar-refractivity contribution < 1.29 is 9.59 Å². The smallest absolute Gasteiger partial charge is 0.268 e. The molecule has 0 aromatic rings. The lowest BCUT2D eigenvalue weighted by atomic mass is 10.2. The average molecular weight is 155 g/mol. The van der Waals surface area contributed by atoms with E-state index in [9.17, 15) is 9.59 Å². The minimum Gasteiger partial charge on any atom is -0.340 e. The number of carbonyl (C=O) groups is 2. The van der Waals surface area contributed by atoms with Gasteiger partial charge in [-0.2, -0.15) is 5.10 Å². The molecule has 5 heteroatoms. The van der Waals surface area contributed by atoms with E-state index >= 15 is 0 Å². The summed E-state index contributed by atoms with van der Waals surface area (Å²) in [6.45, 7) is 3.04. The van der Waals surface area contributed by atoms with Crippen LogP contribution in [0.3, 0.4) is 0 Å². The van der Waals surface area contributed by atoms with Crippen molar-refractivity contribution in [3.05, 3.63) is 0 Å². The van der Waals surface area contributed by atoms with E-state index < -0.39 is 6.04 Å². The molecule has 1 unspecified atom stereocenters. The number of carbonyl (C=O) groups excluding carboxylic acids is 2. The largest absolute Gasteiger partial charge is 0.340 e. The fourth-order valence-corrected chi connectivity index (χ4v) is 0.835. The van der Waals surface area contributed by atoms with Gasteiger partial charge in [0.25, 0.3) is 5.91 Å². The van der Waals surface area contributed by atoms with E-state index in [-0.39, 0.29) is 11.8 Å². The second kappa shape index (κ2) is 2.69. The van der Waals surface area contributed by atoms with Gasteiger partial charge >= 0.3 is 0 Å². The Hall–Kier alpha value is -1.39. The molecule has 0 aliphatic carbocycles. The Morgan fingerprint density at radius 2 is 2.36 bits per heavy atom. The van der Waals surface area contributed by atoms with Gasteiger partial charge in [0.05, 0.1) is 5.71 Å². The van der Waals surface area contributed by atoms with E-state index in [0.717, 1.165) is 0 Å². The van der Waals surface area contributed by atoms with Gasteiger partial charge < -0.3 is 5.32 Å². The first-order valence-electron chi connectivity index (χ1n) is 3.22. The fourth-order valence-electron chi connectivity index (χ4n) is 0.835. The minimum atomic E-state index is -0.576. The van der Waals surface area contributed by atoms with Gasteiger partial charge in [-0.25, -0.2) is 5.43 Å². The number of amides is 2. The molecule has 0 aromatic heterocycles. The molecule has 1 aliphatic rings. The maximum atomic E-state index is 10.9. The number of hydrazone groups is 1. The molecule has 2 amide bonds. The van der Waals surface area contributed by atoms with Crippen LogP contribution in [0, 0.1) is 0 Å². The van der Waals surface area contributed by atoms with Crippen LogP contribution >= 0.6 is 0 Å². The van der Waals surface area contributed by atoms with Crippen molar-refractivity contribution in [1.29, 1.82) is 0 Å². The predicted octanol–water partition coefficient (Wildman–Crippen LogP) is -1.00. The number of hydrogen-bond acceptors (Lipinski definition) is 3. The predicted molar refractivity (Wildman–Crippen MR) is 38.9 cm³/mol. The summed E-state index contributed by atoms with van der Waals surface area (Å²) in [6, 6.07) is -0.576. The Morgan fingerprint density at radius 3 is 2.73 bits per heavy atom. The molecule has 0 radical (unpaired) electrons. The van der Waals surface area contributed by atoms with Crippen molar-refractivity contribution in [2.75, 3.05) is 0 Å². The van der Waals surface area contributed by atoms with Crippen LogP contribution in [0.2, 0.25) is 0 Å². The molecule has 1 heterocycles. The van der Waals surface area contributed by atoms with Crippen molar-refractivity contribution >= 4 is 17.5 Å². The van der Waals surface area contributed by atoms with Crippen LogP contribution in [0.1, 0.15) is 13.8 Å². The van der Waals surface area contributed by atoms with Crippen molar-refractivity contribution in [3.63, 3.8) is 0 Å². The Morgan fingerprint density at radius 1 is 1.73 bits per heavy atom. The molecule has 0 aromatic carbocycles. The lowest BCUT2D eigenvalue weighted by molar-refractivity contribution is -0.125. The summed E-state index contributed by atoms with van der Waals surface area (Å²) in [7, 11) is 0. The second-order valence-corrected chi connectivity index (χ2v) is 2.36. The molecule has 5 nitrogen and oxygen atoms in total. The van der Waals surface area contributed by atoms with Crippen LogP contribution < -0.4 is 10.7 Å². The van der Waals surface area contributed by atoms with Crippen LogP contribution in [0.25, 0.3) is 0 Å². The minimum absolute atomic E-state index is 0.235. The summed E-state index contributed by atoms with van der Waals surface area (Å²) in [5.74, 6) is -0.515. The van der Waals surface area contributed by atoms with E-state index in [1.54, 1.807) is 6.92 Å². The van der Waals surface area contributed by atoms with E-state index in [1.807, 2.05) is 0 Å². The fraction of sp³-hybridized carbons (Fsp3) is 0.500. The lowest BCUT2D eigenvalue weighted by Gasteiger charge is -2.06. The Kier molecular flexibility index (Phi) is 1.89. The zero-order chi connectivity index (χ0) is 8.43. The van der Waals surface area contributed by atoms with E-state index in [2.05, 4.69) is 15.8 Å². The molecule has 0 saturated heterocycles. The molecule has 0 spiro atoms. The SMILES string of the molecule is CC(=O)NC1C(=O)NN=C1C. The molecule has 1 atom stereocenters. The van der Waals surface area contributed by atoms with Gasteiger partial charge in [-0.05, 0) is 6.92 Å². The molecule has 0 fully saturated rings. The number of rotatable bonds is 1. The molecule has 2 N–H and O–H groups in total. The monoisotopic (exact) mass is 155 g/mol. The zero-order valence-corrected chi connectivity index (χ0v) is 6.34. The van der Waals surface area contributed by atoms with Crippen LogP contribution in [-0.2, 0) is 9.59 Å². The highest BCUT2D eigenvalue weighted by Gasteiger charge is 2.26. The summed E-state index contributed by atoms with van der Waals surface area (Å²) < 4.78 is 0. The maximum Gasteiger partial charge on any atom is 0.268 e. The lowest BCUT2D eigenvalue weighted by Crippen LogP contribution is -2.43. The van der Waals surface area contributed by atoms with Crippen molar-refractivity contribution in [2.45, 2.75) is 19.9 Å². The van der Waals surface area contributed by atoms with Gasteiger partial charge in [-0.3, -0.25) is 9.59 Å². The quantitative estimate of drug-likeness (QED) is 0.509. The molecular weight excluding hydrogens is 146 g/mol. The first-order chi connectivity index (χ1) is 5.11. The first kappa shape index (κ1) is 7.71.